The number of alkyl carbamates (subject to hydrolysis) is 1. The van der Waals surface area contributed by atoms with Gasteiger partial charge in [0.2, 0.25) is 0 Å². The van der Waals surface area contributed by atoms with Crippen molar-refractivity contribution >= 4 is 17.7 Å². The van der Waals surface area contributed by atoms with Gasteiger partial charge in [-0.2, -0.15) is 5.26 Å². The van der Waals surface area contributed by atoms with Crippen LogP contribution < -0.4 is 5.32 Å². The highest BCUT2D eigenvalue weighted by molar-refractivity contribution is 6.04. The third kappa shape index (κ3) is 5.90. The molecular weight excluding hydrogens is 524 g/mol. The highest BCUT2D eigenvalue weighted by Crippen LogP contribution is 2.67. The van der Waals surface area contributed by atoms with Gasteiger partial charge < -0.3 is 10.1 Å². The van der Waals surface area contributed by atoms with Crippen LogP contribution in [-0.4, -0.2) is 29.8 Å². The van der Waals surface area contributed by atoms with Crippen molar-refractivity contribution in [3.8, 4) is 6.07 Å². The van der Waals surface area contributed by atoms with E-state index in [4.69, 9.17) is 4.74 Å². The third-order valence-electron chi connectivity index (χ3n) is 11.9. The van der Waals surface area contributed by atoms with Crippen LogP contribution in [0.5, 0.6) is 0 Å². The summed E-state index contributed by atoms with van der Waals surface area (Å²) in [5, 5.41) is 13.2. The van der Waals surface area contributed by atoms with Gasteiger partial charge in [0.1, 0.15) is 12.7 Å². The molecular formula is C36H54N2O4. The number of hydrogen-bond donors (Lipinski definition) is 1. The maximum absolute atomic E-state index is 13.3. The lowest BCUT2D eigenvalue weighted by Gasteiger charge is -2.61. The van der Waals surface area contributed by atoms with Crippen LogP contribution >= 0.6 is 0 Å². The molecule has 3 aliphatic carbocycles. The number of nitrogens with zero attached hydrogens (tertiary/aromatic N) is 1. The lowest BCUT2D eigenvalue weighted by atomic mass is 9.42. The summed E-state index contributed by atoms with van der Waals surface area (Å²) in [5.74, 6) is 0.107. The van der Waals surface area contributed by atoms with Crippen molar-refractivity contribution in [1.29, 1.82) is 5.26 Å². The number of amides is 1. The third-order valence-corrected chi connectivity index (χ3v) is 11.9. The maximum atomic E-state index is 13.3. The molecule has 3 aliphatic rings. The van der Waals surface area contributed by atoms with Gasteiger partial charge in [-0.25, -0.2) is 4.79 Å². The topological polar surface area (TPSA) is 96.3 Å². The lowest BCUT2D eigenvalue weighted by molar-refractivity contribution is -0.131. The molecule has 0 aromatic carbocycles. The molecule has 0 radical (unpaired) electrons. The molecule has 0 aromatic rings. The average molecular weight is 579 g/mol. The summed E-state index contributed by atoms with van der Waals surface area (Å²) in [6.07, 6.45) is 11.0. The van der Waals surface area contributed by atoms with Gasteiger partial charge >= 0.3 is 6.09 Å². The Labute approximate surface area is 254 Å². The van der Waals surface area contributed by atoms with E-state index in [1.165, 1.54) is 0 Å². The van der Waals surface area contributed by atoms with E-state index < -0.39 is 22.5 Å². The van der Waals surface area contributed by atoms with Crippen molar-refractivity contribution in [2.24, 2.45) is 38.9 Å². The number of nitrogens with one attached hydrogen (secondary N) is 1. The number of rotatable bonds is 8. The van der Waals surface area contributed by atoms with E-state index >= 15 is 0 Å². The van der Waals surface area contributed by atoms with Crippen LogP contribution in [0.2, 0.25) is 0 Å². The molecule has 0 heterocycles. The van der Waals surface area contributed by atoms with Gasteiger partial charge in [0.15, 0.2) is 11.6 Å². The van der Waals surface area contributed by atoms with Gasteiger partial charge in [-0.1, -0.05) is 86.6 Å². The fourth-order valence-electron chi connectivity index (χ4n) is 8.85. The molecule has 0 saturated heterocycles. The summed E-state index contributed by atoms with van der Waals surface area (Å²) >= 11 is 0. The summed E-state index contributed by atoms with van der Waals surface area (Å²) in [6, 6.07) is 2.17. The van der Waals surface area contributed by atoms with Gasteiger partial charge in [0.25, 0.3) is 0 Å². The van der Waals surface area contributed by atoms with Crippen molar-refractivity contribution < 1.29 is 19.1 Å². The number of hydrogen-bond acceptors (Lipinski definition) is 5. The summed E-state index contributed by atoms with van der Waals surface area (Å²) in [5.41, 5.74) is -0.944. The molecule has 5 atom stereocenters. The molecule has 6 heteroatoms. The Morgan fingerprint density at radius 3 is 2.36 bits per heavy atom. The quantitative estimate of drug-likeness (QED) is 0.231. The Bertz CT molecular complexity index is 1230. The summed E-state index contributed by atoms with van der Waals surface area (Å²) in [4.78, 5) is 39.0. The van der Waals surface area contributed by atoms with Gasteiger partial charge in [0, 0.05) is 16.4 Å². The largest absolute Gasteiger partial charge is 0.445 e. The maximum Gasteiger partial charge on any atom is 0.407 e. The van der Waals surface area contributed by atoms with Crippen LogP contribution in [0.25, 0.3) is 0 Å². The second-order valence-corrected chi connectivity index (χ2v) is 15.9. The fourth-order valence-corrected chi connectivity index (χ4v) is 8.85. The van der Waals surface area contributed by atoms with Crippen LogP contribution in [0.4, 0.5) is 4.79 Å². The van der Waals surface area contributed by atoms with E-state index in [-0.39, 0.29) is 51.8 Å². The molecule has 1 unspecified atom stereocenters. The molecule has 0 spiro atoms. The second-order valence-electron chi connectivity index (χ2n) is 15.9. The zero-order valence-electron chi connectivity index (χ0n) is 27.8. The number of ketones is 2. The Morgan fingerprint density at radius 2 is 1.81 bits per heavy atom. The fraction of sp³-hybridized carbons (Fsp3) is 0.722. The molecule has 42 heavy (non-hydrogen) atoms. The molecule has 6 nitrogen and oxygen atoms in total. The molecule has 2 saturated carbocycles. The number of nitriles is 1. The smallest absolute Gasteiger partial charge is 0.407 e. The van der Waals surface area contributed by atoms with Crippen molar-refractivity contribution in [3.63, 3.8) is 0 Å². The molecule has 232 valence electrons. The van der Waals surface area contributed by atoms with E-state index in [0.717, 1.165) is 50.5 Å². The number of fused-ring (bicyclic) bond motifs is 1. The number of allylic oxidation sites excluding steroid dienone is 4. The van der Waals surface area contributed by atoms with Gasteiger partial charge in [-0.15, -0.1) is 0 Å². The zero-order chi connectivity index (χ0) is 31.9. The van der Waals surface area contributed by atoms with E-state index in [1.807, 2.05) is 19.9 Å². The summed E-state index contributed by atoms with van der Waals surface area (Å²) in [7, 11) is 0. The van der Waals surface area contributed by atoms with Gasteiger partial charge in [0.05, 0.1) is 5.57 Å². The molecule has 1 amide bonds. The van der Waals surface area contributed by atoms with E-state index in [9.17, 15) is 19.6 Å². The first-order valence-corrected chi connectivity index (χ1v) is 15.7. The van der Waals surface area contributed by atoms with Crippen LogP contribution in [0.15, 0.2) is 36.0 Å². The van der Waals surface area contributed by atoms with E-state index in [1.54, 1.807) is 19.1 Å². The number of carbonyl (C=O) groups excluding carboxylic acids is 3. The van der Waals surface area contributed by atoms with Crippen LogP contribution in [0, 0.1) is 50.2 Å². The standard InChI is InChI=1S/C36H54N2O4/c1-12-19-42-30(41)38-36(17-15-31(4,5)21-24(36)2)18-16-32(6,7)35(11)14-13-27-33(8,9)29(40)26(23-37)22-34(27,10)28(35)20-25(3)39/h12,20,22,24,27H,1,13-19,21H2,2-11H3,(H,38,41)/b28-20-/t24?,27-,34-,35+,36-/m0/s1. The highest BCUT2D eigenvalue weighted by Gasteiger charge is 2.61. The predicted molar refractivity (Wildman–Crippen MR) is 167 cm³/mol. The van der Waals surface area contributed by atoms with Crippen LogP contribution in [0.1, 0.15) is 114 Å². The minimum absolute atomic E-state index is 0.0164. The Kier molecular flexibility index (Phi) is 9.21. The van der Waals surface area contributed by atoms with Crippen LogP contribution in [-0.2, 0) is 14.3 Å². The molecule has 0 aromatic heterocycles. The predicted octanol–water partition coefficient (Wildman–Crippen LogP) is 8.29. The molecule has 0 bridgehead atoms. The van der Waals surface area contributed by atoms with Crippen molar-refractivity contribution in [1.82, 2.24) is 5.32 Å². The zero-order valence-corrected chi connectivity index (χ0v) is 27.8. The van der Waals surface area contributed by atoms with Crippen LogP contribution in [0.3, 0.4) is 0 Å². The minimum Gasteiger partial charge on any atom is -0.445 e. The van der Waals surface area contributed by atoms with Gasteiger partial charge in [-0.3, -0.25) is 9.59 Å². The summed E-state index contributed by atoms with van der Waals surface area (Å²) in [6.45, 7) is 25.1. The molecule has 1 N–H and O–H groups in total. The van der Waals surface area contributed by atoms with E-state index in [2.05, 4.69) is 66.4 Å². The Hall–Kier alpha value is -2.68. The minimum atomic E-state index is -0.708. The Balaban J connectivity index is 2.05. The highest BCUT2D eigenvalue weighted by atomic mass is 16.5. The second kappa shape index (κ2) is 11.4. The monoisotopic (exact) mass is 578 g/mol. The Morgan fingerprint density at radius 1 is 1.17 bits per heavy atom. The average Bonchev–Trinajstić information content (AvgIpc) is 2.88. The number of ether oxygens (including phenoxy) is 1. The van der Waals surface area contributed by atoms with Crippen molar-refractivity contribution in [2.45, 2.75) is 120 Å². The van der Waals surface area contributed by atoms with Crippen molar-refractivity contribution in [3.05, 3.63) is 36.0 Å². The molecule has 2 fully saturated rings. The molecule has 3 rings (SSSR count). The lowest BCUT2D eigenvalue weighted by Crippen LogP contribution is -2.58. The SMILES string of the molecule is C=CCOC(=O)N[C@]1(CCC(C)(C)[C@]2(C)CC[C@H]3C(C)(C)C(=O)C(C#N)=C[C@]3(C)/C2=C/C(C)=O)CCC(C)(C)CC1C. The first kappa shape index (κ1) is 33.8. The number of Topliss-reactive ketones (excluding diaryl/α,β-unsaturated/α-hetero) is 1. The normalized spacial score (nSPS) is 34.9. The number of carbonyl (C=O) groups is 3. The van der Waals surface area contributed by atoms with Crippen molar-refractivity contribution in [2.75, 3.05) is 6.61 Å². The first-order chi connectivity index (χ1) is 19.2. The van der Waals surface area contributed by atoms with E-state index in [0.29, 0.717) is 0 Å². The molecule has 0 aliphatic heterocycles. The van der Waals surface area contributed by atoms with Gasteiger partial charge in [-0.05, 0) is 86.0 Å². The first-order valence-electron chi connectivity index (χ1n) is 15.7. The summed E-state index contributed by atoms with van der Waals surface area (Å²) < 4.78 is 5.39.